The van der Waals surface area contributed by atoms with Gasteiger partial charge in [-0.1, -0.05) is 13.8 Å². The first kappa shape index (κ1) is 20.1. The van der Waals surface area contributed by atoms with Crippen molar-refractivity contribution in [3.05, 3.63) is 33.9 Å². The Morgan fingerprint density at radius 1 is 1.14 bits per heavy atom. The first-order valence-corrected chi connectivity index (χ1v) is 9.94. The Labute approximate surface area is 164 Å². The predicted octanol–water partition coefficient (Wildman–Crippen LogP) is 2.33. The lowest BCUT2D eigenvalue weighted by Gasteiger charge is -2.36. The molecule has 1 saturated heterocycles. The lowest BCUT2D eigenvalue weighted by molar-refractivity contribution is -0.384. The van der Waals surface area contributed by atoms with Crippen molar-refractivity contribution in [1.29, 1.82) is 0 Å². The highest BCUT2D eigenvalue weighted by molar-refractivity contribution is 5.95. The molecule has 1 heterocycles. The van der Waals surface area contributed by atoms with E-state index >= 15 is 0 Å². The molecule has 2 aliphatic rings. The number of nitro benzene ring substituents is 1. The van der Waals surface area contributed by atoms with Crippen molar-refractivity contribution in [3.8, 4) is 0 Å². The molecule has 1 saturated carbocycles. The summed E-state index contributed by atoms with van der Waals surface area (Å²) in [7, 11) is 0. The first-order chi connectivity index (χ1) is 13.3. The summed E-state index contributed by atoms with van der Waals surface area (Å²) >= 11 is 0. The molecule has 2 N–H and O–H groups in total. The first-order valence-electron chi connectivity index (χ1n) is 9.94. The summed E-state index contributed by atoms with van der Waals surface area (Å²) in [6.45, 7) is 6.49. The van der Waals surface area contributed by atoms with Gasteiger partial charge in [0.05, 0.1) is 4.92 Å². The van der Waals surface area contributed by atoms with Crippen LogP contribution >= 0.6 is 0 Å². The van der Waals surface area contributed by atoms with Crippen LogP contribution in [0.2, 0.25) is 0 Å². The molecule has 0 spiro atoms. The summed E-state index contributed by atoms with van der Waals surface area (Å²) in [5, 5.41) is 17.1. The van der Waals surface area contributed by atoms with Crippen LogP contribution in [-0.4, -0.2) is 42.9 Å². The molecule has 1 aromatic carbocycles. The van der Waals surface area contributed by atoms with Crippen LogP contribution in [0.25, 0.3) is 0 Å². The van der Waals surface area contributed by atoms with E-state index in [1.54, 1.807) is 12.1 Å². The minimum absolute atomic E-state index is 0.0271. The Kier molecular flexibility index (Phi) is 6.16. The van der Waals surface area contributed by atoms with Crippen LogP contribution in [0.4, 0.5) is 11.4 Å². The molecule has 8 heteroatoms. The summed E-state index contributed by atoms with van der Waals surface area (Å²) in [5.74, 6) is 0.718. The third-order valence-corrected chi connectivity index (χ3v) is 5.30. The van der Waals surface area contributed by atoms with E-state index < -0.39 is 4.92 Å². The molecule has 0 aromatic heterocycles. The van der Waals surface area contributed by atoms with Crippen LogP contribution in [0, 0.1) is 27.9 Å². The molecule has 152 valence electrons. The van der Waals surface area contributed by atoms with Crippen LogP contribution in [0.5, 0.6) is 0 Å². The van der Waals surface area contributed by atoms with E-state index in [0.29, 0.717) is 24.1 Å². The number of anilines is 1. The number of carbonyl (C=O) groups is 2. The molecule has 2 fully saturated rings. The molecule has 1 aromatic rings. The molecule has 0 bridgehead atoms. The minimum atomic E-state index is -0.425. The number of nitrogens with one attached hydrogen (secondary N) is 2. The fourth-order valence-electron chi connectivity index (χ4n) is 3.89. The Bertz CT molecular complexity index is 753. The van der Waals surface area contributed by atoms with E-state index in [4.69, 9.17) is 0 Å². The molecule has 28 heavy (non-hydrogen) atoms. The standard InChI is InChI=1S/C20H28N4O4/c1-13-9-14(2)12-23(11-13)17-6-5-16(10-18(17)24(27)28)20(26)22-8-7-21-19(25)15-3-4-15/h5-6,10,13-15H,3-4,7-9,11-12H2,1-2H3,(H,21,25)(H,22,26). The van der Waals surface area contributed by atoms with Gasteiger partial charge in [-0.25, -0.2) is 0 Å². The average Bonchev–Trinajstić information content (AvgIpc) is 3.48. The topological polar surface area (TPSA) is 105 Å². The van der Waals surface area contributed by atoms with E-state index in [-0.39, 0.29) is 35.5 Å². The number of nitrogens with zero attached hydrogens (tertiary/aromatic N) is 2. The fraction of sp³-hybridized carbons (Fsp3) is 0.600. The molecule has 1 aliphatic heterocycles. The van der Waals surface area contributed by atoms with Crippen LogP contribution in [-0.2, 0) is 4.79 Å². The number of hydrogen-bond acceptors (Lipinski definition) is 5. The summed E-state index contributed by atoms with van der Waals surface area (Å²) in [6.07, 6.45) is 2.98. The number of hydrogen-bond donors (Lipinski definition) is 2. The van der Waals surface area contributed by atoms with Gasteiger partial charge >= 0.3 is 0 Å². The van der Waals surface area contributed by atoms with E-state index in [2.05, 4.69) is 24.5 Å². The lowest BCUT2D eigenvalue weighted by Crippen LogP contribution is -2.39. The maximum absolute atomic E-state index is 12.3. The molecular weight excluding hydrogens is 360 g/mol. The zero-order chi connectivity index (χ0) is 20.3. The predicted molar refractivity (Wildman–Crippen MR) is 106 cm³/mol. The van der Waals surface area contributed by atoms with Gasteiger partial charge in [0.25, 0.3) is 11.6 Å². The Balaban J connectivity index is 1.63. The summed E-state index contributed by atoms with van der Waals surface area (Å²) in [4.78, 5) is 37.1. The number of carbonyl (C=O) groups excluding carboxylic acids is 2. The molecular formula is C20H28N4O4. The molecule has 2 atom stereocenters. The van der Waals surface area contributed by atoms with E-state index in [1.165, 1.54) is 6.07 Å². The van der Waals surface area contributed by atoms with Gasteiger partial charge in [-0.2, -0.15) is 0 Å². The summed E-state index contributed by atoms with van der Waals surface area (Å²) in [5.41, 5.74) is 0.773. The van der Waals surface area contributed by atoms with Crippen molar-refractivity contribution >= 4 is 23.2 Å². The largest absolute Gasteiger partial charge is 0.365 e. The second kappa shape index (κ2) is 8.58. The number of amides is 2. The highest BCUT2D eigenvalue weighted by Crippen LogP contribution is 2.33. The second-order valence-electron chi connectivity index (χ2n) is 8.13. The van der Waals surface area contributed by atoms with Crippen LogP contribution < -0.4 is 15.5 Å². The van der Waals surface area contributed by atoms with E-state index in [9.17, 15) is 19.7 Å². The Hall–Kier alpha value is -2.64. The average molecular weight is 388 g/mol. The molecule has 8 nitrogen and oxygen atoms in total. The van der Waals surface area contributed by atoms with Crippen molar-refractivity contribution in [2.24, 2.45) is 17.8 Å². The monoisotopic (exact) mass is 388 g/mol. The van der Waals surface area contributed by atoms with E-state index in [0.717, 1.165) is 32.4 Å². The quantitative estimate of drug-likeness (QED) is 0.424. The lowest BCUT2D eigenvalue weighted by atomic mass is 9.91. The van der Waals surface area contributed by atoms with E-state index in [1.807, 2.05) is 4.90 Å². The second-order valence-corrected chi connectivity index (χ2v) is 8.13. The molecule has 2 amide bonds. The van der Waals surface area contributed by atoms with Gasteiger partial charge in [0.2, 0.25) is 5.91 Å². The maximum Gasteiger partial charge on any atom is 0.293 e. The number of piperidine rings is 1. The van der Waals surface area contributed by atoms with Crippen LogP contribution in [0.1, 0.15) is 43.5 Å². The van der Waals surface area contributed by atoms with Gasteiger partial charge in [0.15, 0.2) is 0 Å². The van der Waals surface area contributed by atoms with Crippen LogP contribution in [0.15, 0.2) is 18.2 Å². The van der Waals surface area contributed by atoms with Crippen LogP contribution in [0.3, 0.4) is 0 Å². The zero-order valence-electron chi connectivity index (χ0n) is 16.4. The highest BCUT2D eigenvalue weighted by atomic mass is 16.6. The van der Waals surface area contributed by atoms with Crippen molar-refractivity contribution in [1.82, 2.24) is 10.6 Å². The smallest absolute Gasteiger partial charge is 0.293 e. The Morgan fingerprint density at radius 2 is 1.79 bits per heavy atom. The molecule has 1 aliphatic carbocycles. The van der Waals surface area contributed by atoms with Gasteiger partial charge in [-0.15, -0.1) is 0 Å². The third-order valence-electron chi connectivity index (χ3n) is 5.30. The summed E-state index contributed by atoms with van der Waals surface area (Å²) in [6, 6.07) is 4.65. The molecule has 0 radical (unpaired) electrons. The molecule has 3 rings (SSSR count). The van der Waals surface area contributed by atoms with Crippen molar-refractivity contribution in [3.63, 3.8) is 0 Å². The highest BCUT2D eigenvalue weighted by Gasteiger charge is 2.29. The van der Waals surface area contributed by atoms with Crippen molar-refractivity contribution < 1.29 is 14.5 Å². The maximum atomic E-state index is 12.3. The summed E-state index contributed by atoms with van der Waals surface area (Å²) < 4.78 is 0. The van der Waals surface area contributed by atoms with Gasteiger partial charge in [-0.05, 0) is 43.2 Å². The fourth-order valence-corrected chi connectivity index (χ4v) is 3.89. The number of benzene rings is 1. The number of rotatable bonds is 7. The van der Waals surface area contributed by atoms with Gasteiger partial charge < -0.3 is 15.5 Å². The van der Waals surface area contributed by atoms with Crippen molar-refractivity contribution in [2.45, 2.75) is 33.1 Å². The minimum Gasteiger partial charge on any atom is -0.365 e. The van der Waals surface area contributed by atoms with Gasteiger partial charge in [0.1, 0.15) is 5.69 Å². The number of nitro groups is 1. The SMILES string of the molecule is CC1CC(C)CN(c2ccc(C(=O)NCCNC(=O)C3CC3)cc2[N+](=O)[O-])C1. The van der Waals surface area contributed by atoms with Gasteiger partial charge in [-0.3, -0.25) is 19.7 Å². The third kappa shape index (κ3) is 4.99. The zero-order valence-corrected chi connectivity index (χ0v) is 16.4. The molecule has 2 unspecified atom stereocenters. The Morgan fingerprint density at radius 3 is 2.39 bits per heavy atom. The van der Waals surface area contributed by atoms with Crippen molar-refractivity contribution in [2.75, 3.05) is 31.1 Å². The van der Waals surface area contributed by atoms with Gasteiger partial charge in [0, 0.05) is 43.7 Å². The normalized spacial score (nSPS) is 21.9.